The van der Waals surface area contributed by atoms with Crippen LogP contribution in [0.1, 0.15) is 57.9 Å². The molecule has 1 amide bonds. The number of methoxy groups -OCH3 is 1. The fourth-order valence-electron chi connectivity index (χ4n) is 2.51. The number of carboxylic acids is 1. The molecule has 2 N–H and O–H groups in total. The number of carbonyl (C=O) groups is 2. The summed E-state index contributed by atoms with van der Waals surface area (Å²) >= 11 is 0. The van der Waals surface area contributed by atoms with Crippen LogP contribution in [-0.2, 0) is 9.59 Å². The minimum atomic E-state index is -0.850. The first-order valence-corrected chi connectivity index (χ1v) is 7.94. The van der Waals surface area contributed by atoms with E-state index in [1.54, 1.807) is 7.11 Å². The zero-order valence-corrected chi connectivity index (χ0v) is 14.4. The third-order valence-electron chi connectivity index (χ3n) is 3.95. The molecule has 1 aromatic rings. The molecule has 0 saturated heterocycles. The summed E-state index contributed by atoms with van der Waals surface area (Å²) in [6.07, 6.45) is 1.70. The van der Waals surface area contributed by atoms with Crippen molar-refractivity contribution in [2.45, 2.75) is 57.9 Å². The highest BCUT2D eigenvalue weighted by Gasteiger charge is 2.23. The first-order valence-electron chi connectivity index (χ1n) is 7.94. The van der Waals surface area contributed by atoms with Crippen LogP contribution >= 0.6 is 0 Å². The zero-order valence-electron chi connectivity index (χ0n) is 14.4. The smallest absolute Gasteiger partial charge is 0.303 e. The lowest BCUT2D eigenvalue weighted by Crippen LogP contribution is -2.44. The van der Waals surface area contributed by atoms with Gasteiger partial charge in [-0.15, -0.1) is 0 Å². The molecule has 128 valence electrons. The Hall–Kier alpha value is -2.04. The van der Waals surface area contributed by atoms with E-state index < -0.39 is 11.5 Å². The van der Waals surface area contributed by atoms with E-state index in [9.17, 15) is 9.59 Å². The van der Waals surface area contributed by atoms with Crippen LogP contribution < -0.4 is 10.1 Å². The molecule has 1 aromatic carbocycles. The van der Waals surface area contributed by atoms with E-state index in [0.717, 1.165) is 17.7 Å². The van der Waals surface area contributed by atoms with Gasteiger partial charge in [-0.1, -0.05) is 19.1 Å². The molecule has 0 spiro atoms. The second-order valence-corrected chi connectivity index (χ2v) is 6.41. The van der Waals surface area contributed by atoms with Crippen molar-refractivity contribution in [2.75, 3.05) is 7.11 Å². The topological polar surface area (TPSA) is 75.6 Å². The van der Waals surface area contributed by atoms with Crippen molar-refractivity contribution < 1.29 is 19.4 Å². The third kappa shape index (κ3) is 6.72. The molecule has 0 bridgehead atoms. The van der Waals surface area contributed by atoms with Crippen LogP contribution in [0.4, 0.5) is 0 Å². The average molecular weight is 321 g/mol. The van der Waals surface area contributed by atoms with E-state index in [1.807, 2.05) is 38.1 Å². The molecule has 1 rings (SSSR count). The molecule has 0 aliphatic carbocycles. The number of carbonyl (C=O) groups excluding carboxylic acids is 1. The maximum absolute atomic E-state index is 12.3. The Morgan fingerprint density at radius 3 is 2.35 bits per heavy atom. The molecule has 0 heterocycles. The van der Waals surface area contributed by atoms with Crippen LogP contribution in [0.2, 0.25) is 0 Å². The summed E-state index contributed by atoms with van der Waals surface area (Å²) in [4.78, 5) is 23.0. The Morgan fingerprint density at radius 2 is 1.87 bits per heavy atom. The maximum atomic E-state index is 12.3. The molecule has 0 radical (unpaired) electrons. The van der Waals surface area contributed by atoms with Gasteiger partial charge in [-0.25, -0.2) is 0 Å². The van der Waals surface area contributed by atoms with Crippen LogP contribution in [0.5, 0.6) is 5.75 Å². The Labute approximate surface area is 138 Å². The van der Waals surface area contributed by atoms with Gasteiger partial charge in [0.05, 0.1) is 7.11 Å². The van der Waals surface area contributed by atoms with Crippen molar-refractivity contribution in [1.29, 1.82) is 0 Å². The highest BCUT2D eigenvalue weighted by Crippen LogP contribution is 2.25. The third-order valence-corrected chi connectivity index (χ3v) is 3.95. The summed E-state index contributed by atoms with van der Waals surface area (Å²) in [7, 11) is 1.62. The van der Waals surface area contributed by atoms with Gasteiger partial charge in [0.15, 0.2) is 0 Å². The van der Waals surface area contributed by atoms with Gasteiger partial charge in [-0.05, 0) is 50.3 Å². The van der Waals surface area contributed by atoms with E-state index in [4.69, 9.17) is 9.84 Å². The Balaban J connectivity index is 2.63. The first-order chi connectivity index (χ1) is 10.8. The molecular formula is C18H27NO4. The Morgan fingerprint density at radius 1 is 1.26 bits per heavy atom. The van der Waals surface area contributed by atoms with Crippen LogP contribution in [0.3, 0.4) is 0 Å². The van der Waals surface area contributed by atoms with Crippen molar-refractivity contribution in [3.63, 3.8) is 0 Å². The molecule has 1 atom stereocenters. The highest BCUT2D eigenvalue weighted by molar-refractivity contribution is 5.77. The fraction of sp³-hybridized carbons (Fsp3) is 0.556. The molecule has 0 fully saturated rings. The van der Waals surface area contributed by atoms with E-state index in [-0.39, 0.29) is 18.2 Å². The number of benzene rings is 1. The Bertz CT molecular complexity index is 522. The van der Waals surface area contributed by atoms with Gasteiger partial charge >= 0.3 is 5.97 Å². The molecule has 1 unspecified atom stereocenters. The van der Waals surface area contributed by atoms with Gasteiger partial charge in [0.25, 0.3) is 0 Å². The predicted molar refractivity (Wildman–Crippen MR) is 89.7 cm³/mol. The summed E-state index contributed by atoms with van der Waals surface area (Å²) < 4.78 is 5.15. The number of carboxylic acid groups (broad SMARTS) is 1. The number of ether oxygens (including phenoxy) is 1. The number of rotatable bonds is 9. The minimum absolute atomic E-state index is 0.0446. The summed E-state index contributed by atoms with van der Waals surface area (Å²) in [5, 5.41) is 11.7. The van der Waals surface area contributed by atoms with E-state index in [1.165, 1.54) is 0 Å². The quantitative estimate of drug-likeness (QED) is 0.731. The van der Waals surface area contributed by atoms with Crippen LogP contribution in [-0.4, -0.2) is 29.6 Å². The SMILES string of the molecule is CCC(CC(=O)NC(C)(C)CCC(=O)O)c1ccc(OC)cc1. The second kappa shape index (κ2) is 8.56. The normalized spacial score (nSPS) is 12.5. The number of hydrogen-bond acceptors (Lipinski definition) is 3. The predicted octanol–water partition coefficient (Wildman–Crippen LogP) is 3.34. The molecule has 0 aliphatic rings. The van der Waals surface area contributed by atoms with Crippen molar-refractivity contribution in [3.8, 4) is 5.75 Å². The summed E-state index contributed by atoms with van der Waals surface area (Å²) in [6, 6.07) is 7.76. The van der Waals surface area contributed by atoms with Crippen LogP contribution in [0.15, 0.2) is 24.3 Å². The van der Waals surface area contributed by atoms with Crippen LogP contribution in [0.25, 0.3) is 0 Å². The van der Waals surface area contributed by atoms with Gasteiger partial charge < -0.3 is 15.2 Å². The molecule has 23 heavy (non-hydrogen) atoms. The maximum Gasteiger partial charge on any atom is 0.303 e. The molecule has 0 aliphatic heterocycles. The summed E-state index contributed by atoms with van der Waals surface area (Å²) in [5.41, 5.74) is 0.583. The van der Waals surface area contributed by atoms with E-state index >= 15 is 0 Å². The molecule has 0 aromatic heterocycles. The molecule has 0 saturated carbocycles. The number of hydrogen-bond donors (Lipinski definition) is 2. The van der Waals surface area contributed by atoms with Gasteiger partial charge in [0, 0.05) is 18.4 Å². The first kappa shape index (κ1) is 19.0. The number of amides is 1. The van der Waals surface area contributed by atoms with Crippen molar-refractivity contribution in [3.05, 3.63) is 29.8 Å². The van der Waals surface area contributed by atoms with E-state index in [0.29, 0.717) is 12.8 Å². The average Bonchev–Trinajstić information content (AvgIpc) is 2.50. The summed E-state index contributed by atoms with van der Waals surface area (Å²) in [6.45, 7) is 5.75. The van der Waals surface area contributed by atoms with Crippen molar-refractivity contribution in [2.24, 2.45) is 0 Å². The summed E-state index contributed by atoms with van der Waals surface area (Å²) in [5.74, 6) is 0.0269. The lowest BCUT2D eigenvalue weighted by Gasteiger charge is -2.27. The van der Waals surface area contributed by atoms with E-state index in [2.05, 4.69) is 12.2 Å². The number of nitrogens with one attached hydrogen (secondary N) is 1. The molecule has 5 nitrogen and oxygen atoms in total. The monoisotopic (exact) mass is 321 g/mol. The molecular weight excluding hydrogens is 294 g/mol. The van der Waals surface area contributed by atoms with Crippen LogP contribution in [0, 0.1) is 0 Å². The van der Waals surface area contributed by atoms with Gasteiger partial charge in [0.2, 0.25) is 5.91 Å². The molecule has 5 heteroatoms. The second-order valence-electron chi connectivity index (χ2n) is 6.41. The lowest BCUT2D eigenvalue weighted by atomic mass is 9.91. The van der Waals surface area contributed by atoms with Gasteiger partial charge in [-0.3, -0.25) is 9.59 Å². The number of aliphatic carboxylic acids is 1. The lowest BCUT2D eigenvalue weighted by molar-refractivity contribution is -0.137. The largest absolute Gasteiger partial charge is 0.497 e. The van der Waals surface area contributed by atoms with Crippen molar-refractivity contribution >= 4 is 11.9 Å². The van der Waals surface area contributed by atoms with Gasteiger partial charge in [-0.2, -0.15) is 0 Å². The minimum Gasteiger partial charge on any atom is -0.497 e. The Kier molecular flexibility index (Phi) is 7.07. The fourth-order valence-corrected chi connectivity index (χ4v) is 2.51. The zero-order chi connectivity index (χ0) is 17.5. The standard InChI is InChI=1S/C18H27NO4/c1-5-13(14-6-8-15(23-4)9-7-14)12-16(20)19-18(2,3)11-10-17(21)22/h6-9,13H,5,10-12H2,1-4H3,(H,19,20)(H,21,22). The van der Waals surface area contributed by atoms with Crippen molar-refractivity contribution in [1.82, 2.24) is 5.32 Å². The van der Waals surface area contributed by atoms with Gasteiger partial charge in [0.1, 0.15) is 5.75 Å². The highest BCUT2D eigenvalue weighted by atomic mass is 16.5.